The number of anilines is 1. The van der Waals surface area contributed by atoms with Crippen LogP contribution < -0.4 is 10.2 Å². The van der Waals surface area contributed by atoms with E-state index in [1.165, 1.54) is 0 Å². The lowest BCUT2D eigenvalue weighted by atomic mass is 10.2. The molecule has 1 aliphatic rings. The molecule has 0 aliphatic carbocycles. The van der Waals surface area contributed by atoms with E-state index in [1.807, 2.05) is 18.2 Å². The van der Waals surface area contributed by atoms with Crippen molar-refractivity contribution in [1.29, 1.82) is 0 Å². The normalized spacial score (nSPS) is 21.1. The van der Waals surface area contributed by atoms with Gasteiger partial charge in [0.25, 0.3) is 0 Å². The highest BCUT2D eigenvalue weighted by Gasteiger charge is 2.31. The minimum Gasteiger partial charge on any atom is -0.310 e. The number of carbonyl (C=O) groups excluding carboxylic acids is 1. The predicted molar refractivity (Wildman–Crippen MR) is 61.3 cm³/mol. The summed E-state index contributed by atoms with van der Waals surface area (Å²) >= 11 is 6.05. The van der Waals surface area contributed by atoms with Crippen LogP contribution in [0, 0.1) is 0 Å². The zero-order valence-corrected chi connectivity index (χ0v) is 9.29. The van der Waals surface area contributed by atoms with E-state index in [4.69, 9.17) is 11.6 Å². The third kappa shape index (κ3) is 1.85. The van der Waals surface area contributed by atoms with Gasteiger partial charge >= 0.3 is 0 Å². The Hall–Kier alpha value is -1.06. The van der Waals surface area contributed by atoms with Crippen molar-refractivity contribution < 1.29 is 4.79 Å². The number of halogens is 1. The molecule has 1 N–H and O–H groups in total. The third-order valence-electron chi connectivity index (χ3n) is 2.70. The van der Waals surface area contributed by atoms with Crippen LogP contribution in [0.15, 0.2) is 24.3 Å². The molecule has 0 unspecified atom stereocenters. The monoisotopic (exact) mass is 224 g/mol. The zero-order chi connectivity index (χ0) is 10.8. The molecule has 1 saturated heterocycles. The number of amides is 1. The number of hydrogen-bond acceptors (Lipinski definition) is 2. The van der Waals surface area contributed by atoms with Crippen molar-refractivity contribution in [3.8, 4) is 0 Å². The van der Waals surface area contributed by atoms with Gasteiger partial charge in [0.05, 0.1) is 16.8 Å². The molecular formula is C11H13ClN2O. The van der Waals surface area contributed by atoms with Gasteiger partial charge in [0, 0.05) is 6.54 Å². The van der Waals surface area contributed by atoms with Crippen LogP contribution in [0.2, 0.25) is 5.02 Å². The molecule has 0 bridgehead atoms. The number of benzene rings is 1. The van der Waals surface area contributed by atoms with Gasteiger partial charge in [-0.05, 0) is 25.6 Å². The Morgan fingerprint density at radius 3 is 2.80 bits per heavy atom. The van der Waals surface area contributed by atoms with Gasteiger partial charge in [-0.2, -0.15) is 0 Å². The predicted octanol–water partition coefficient (Wildman–Crippen LogP) is 1.66. The molecular weight excluding hydrogens is 212 g/mol. The maximum atomic E-state index is 11.9. The van der Waals surface area contributed by atoms with Gasteiger partial charge < -0.3 is 10.2 Å². The molecule has 1 aliphatic heterocycles. The summed E-state index contributed by atoms with van der Waals surface area (Å²) in [6.45, 7) is 0.730. The molecule has 80 valence electrons. The minimum atomic E-state index is -0.0683. The molecule has 0 radical (unpaired) electrons. The van der Waals surface area contributed by atoms with E-state index >= 15 is 0 Å². The average Bonchev–Trinajstić information content (AvgIpc) is 2.60. The summed E-state index contributed by atoms with van der Waals surface area (Å²) in [5, 5.41) is 3.63. The first-order valence-corrected chi connectivity index (χ1v) is 5.35. The lowest BCUT2D eigenvalue weighted by molar-refractivity contribution is -0.118. The molecule has 1 fully saturated rings. The van der Waals surface area contributed by atoms with E-state index in [9.17, 15) is 4.79 Å². The van der Waals surface area contributed by atoms with Crippen LogP contribution >= 0.6 is 11.6 Å². The van der Waals surface area contributed by atoms with Crippen molar-refractivity contribution >= 4 is 23.2 Å². The molecule has 0 aromatic heterocycles. The van der Waals surface area contributed by atoms with Gasteiger partial charge in [-0.25, -0.2) is 0 Å². The molecule has 4 heteroatoms. The Kier molecular flexibility index (Phi) is 2.93. The molecule has 1 aromatic rings. The maximum absolute atomic E-state index is 11.9. The fraction of sp³-hybridized carbons (Fsp3) is 0.364. The fourth-order valence-corrected chi connectivity index (χ4v) is 2.10. The number of carbonyl (C=O) groups is 1. The molecule has 1 atom stereocenters. The molecule has 1 heterocycles. The van der Waals surface area contributed by atoms with Crippen molar-refractivity contribution in [1.82, 2.24) is 5.32 Å². The first-order chi connectivity index (χ1) is 7.24. The van der Waals surface area contributed by atoms with Crippen LogP contribution in [-0.2, 0) is 4.79 Å². The number of likely N-dealkylation sites (N-methyl/N-ethyl adjacent to an activating group) is 1. The van der Waals surface area contributed by atoms with Crippen molar-refractivity contribution in [3.63, 3.8) is 0 Å². The summed E-state index contributed by atoms with van der Waals surface area (Å²) in [5.74, 6) is 0.102. The van der Waals surface area contributed by atoms with Crippen LogP contribution in [0.3, 0.4) is 0 Å². The first-order valence-electron chi connectivity index (χ1n) is 4.97. The first kappa shape index (κ1) is 10.5. The number of rotatable bonds is 2. The van der Waals surface area contributed by atoms with Crippen molar-refractivity contribution in [2.45, 2.75) is 12.5 Å². The second-order valence-electron chi connectivity index (χ2n) is 3.57. The molecule has 1 aromatic carbocycles. The van der Waals surface area contributed by atoms with E-state index in [1.54, 1.807) is 18.0 Å². The van der Waals surface area contributed by atoms with E-state index < -0.39 is 0 Å². The largest absolute Gasteiger partial charge is 0.310 e. The highest BCUT2D eigenvalue weighted by Crippen LogP contribution is 2.28. The van der Waals surface area contributed by atoms with Gasteiger partial charge in [0.1, 0.15) is 0 Å². The van der Waals surface area contributed by atoms with Crippen molar-refractivity contribution in [2.75, 3.05) is 18.5 Å². The Balaban J connectivity index is 2.27. The molecule has 3 nitrogen and oxygen atoms in total. The second kappa shape index (κ2) is 4.21. The zero-order valence-electron chi connectivity index (χ0n) is 8.53. The van der Waals surface area contributed by atoms with Gasteiger partial charge in [-0.15, -0.1) is 0 Å². The summed E-state index contributed by atoms with van der Waals surface area (Å²) in [5.41, 5.74) is 0.807. The second-order valence-corrected chi connectivity index (χ2v) is 3.98. The molecule has 15 heavy (non-hydrogen) atoms. The van der Waals surface area contributed by atoms with Gasteiger partial charge in [0.2, 0.25) is 5.91 Å². The fourth-order valence-electron chi connectivity index (χ4n) is 1.86. The van der Waals surface area contributed by atoms with Gasteiger partial charge in [0.15, 0.2) is 0 Å². The minimum absolute atomic E-state index is 0.0683. The van der Waals surface area contributed by atoms with E-state index in [0.29, 0.717) is 5.02 Å². The quantitative estimate of drug-likeness (QED) is 0.829. The van der Waals surface area contributed by atoms with Crippen LogP contribution in [-0.4, -0.2) is 25.5 Å². The smallest absolute Gasteiger partial charge is 0.244 e. The van der Waals surface area contributed by atoms with Crippen molar-refractivity contribution in [3.05, 3.63) is 29.3 Å². The lowest BCUT2D eigenvalue weighted by Crippen LogP contribution is -2.36. The SMILES string of the molecule is CN[C@H]1CCN(c2ccccc2Cl)C1=O. The van der Waals surface area contributed by atoms with E-state index in [2.05, 4.69) is 5.32 Å². The highest BCUT2D eigenvalue weighted by atomic mass is 35.5. The number of hydrogen-bond donors (Lipinski definition) is 1. The summed E-state index contributed by atoms with van der Waals surface area (Å²) in [6.07, 6.45) is 0.834. The maximum Gasteiger partial charge on any atom is 0.244 e. The Labute approximate surface area is 94.0 Å². The summed E-state index contributed by atoms with van der Waals surface area (Å²) < 4.78 is 0. The highest BCUT2D eigenvalue weighted by molar-refractivity contribution is 6.33. The topological polar surface area (TPSA) is 32.3 Å². The van der Waals surface area contributed by atoms with E-state index in [0.717, 1.165) is 18.7 Å². The van der Waals surface area contributed by atoms with Crippen LogP contribution in [0.1, 0.15) is 6.42 Å². The van der Waals surface area contributed by atoms with Crippen molar-refractivity contribution in [2.24, 2.45) is 0 Å². The number of nitrogens with one attached hydrogen (secondary N) is 1. The lowest BCUT2D eigenvalue weighted by Gasteiger charge is -2.17. The summed E-state index contributed by atoms with van der Waals surface area (Å²) in [4.78, 5) is 13.6. The van der Waals surface area contributed by atoms with Gasteiger partial charge in [-0.1, -0.05) is 23.7 Å². The van der Waals surface area contributed by atoms with Gasteiger partial charge in [-0.3, -0.25) is 4.79 Å². The van der Waals surface area contributed by atoms with Crippen LogP contribution in [0.5, 0.6) is 0 Å². The molecule has 0 saturated carbocycles. The van der Waals surface area contributed by atoms with Crippen LogP contribution in [0.4, 0.5) is 5.69 Å². The molecule has 0 spiro atoms. The third-order valence-corrected chi connectivity index (χ3v) is 3.02. The number of para-hydroxylation sites is 1. The Morgan fingerprint density at radius 2 is 2.20 bits per heavy atom. The number of nitrogens with zero attached hydrogens (tertiary/aromatic N) is 1. The average molecular weight is 225 g/mol. The summed E-state index contributed by atoms with van der Waals surface area (Å²) in [7, 11) is 1.80. The Bertz CT molecular complexity index is 381. The standard InChI is InChI=1S/C11H13ClN2O/c1-13-9-6-7-14(11(9)15)10-5-3-2-4-8(10)12/h2-5,9,13H,6-7H2,1H3/t9-/m0/s1. The van der Waals surface area contributed by atoms with E-state index in [-0.39, 0.29) is 11.9 Å². The molecule has 2 rings (SSSR count). The van der Waals surface area contributed by atoms with Crippen LogP contribution in [0.25, 0.3) is 0 Å². The molecule has 1 amide bonds. The Morgan fingerprint density at radius 1 is 1.47 bits per heavy atom. The summed E-state index contributed by atoms with van der Waals surface area (Å²) in [6, 6.07) is 7.36.